The van der Waals surface area contributed by atoms with Crippen molar-refractivity contribution in [2.24, 2.45) is 11.7 Å². The fraction of sp³-hybridized carbons (Fsp3) is 0.556. The Bertz CT molecular complexity index is 260. The Morgan fingerprint density at radius 1 is 1.50 bits per heavy atom. The lowest BCUT2D eigenvalue weighted by Gasteiger charge is -2.49. The second-order valence-corrected chi connectivity index (χ2v) is 3.63. The maximum atomic E-state index is 5.92. The molecule has 0 aliphatic heterocycles. The lowest BCUT2D eigenvalue weighted by Crippen LogP contribution is -2.43. The van der Waals surface area contributed by atoms with Crippen LogP contribution in [0.2, 0.25) is 0 Å². The van der Waals surface area contributed by atoms with Crippen LogP contribution >= 0.6 is 0 Å². The summed E-state index contributed by atoms with van der Waals surface area (Å²) in [6.45, 7) is 0. The van der Waals surface area contributed by atoms with Gasteiger partial charge in [0.1, 0.15) is 0 Å². The maximum absolute atomic E-state index is 5.92. The van der Waals surface area contributed by atoms with Crippen LogP contribution in [-0.2, 0) is 0 Å². The van der Waals surface area contributed by atoms with E-state index < -0.39 is 0 Å². The normalized spacial score (nSPS) is 41.5. The maximum Gasteiger partial charge on any atom is 0.0146 e. The Kier molecular flexibility index (Phi) is 0.706. The molecule has 2 atom stereocenters. The third-order valence-electron chi connectivity index (χ3n) is 3.12. The van der Waals surface area contributed by atoms with Crippen LogP contribution in [0.1, 0.15) is 19.3 Å². The summed E-state index contributed by atoms with van der Waals surface area (Å²) >= 11 is 0. The summed E-state index contributed by atoms with van der Waals surface area (Å²) < 4.78 is 0. The van der Waals surface area contributed by atoms with Gasteiger partial charge in [-0.05, 0) is 30.4 Å². The van der Waals surface area contributed by atoms with Crippen LogP contribution in [0.5, 0.6) is 0 Å². The van der Waals surface area contributed by atoms with E-state index in [1.54, 1.807) is 16.7 Å². The van der Waals surface area contributed by atoms with Gasteiger partial charge in [-0.1, -0.05) is 11.6 Å². The van der Waals surface area contributed by atoms with Crippen molar-refractivity contribution in [3.05, 3.63) is 22.8 Å². The van der Waals surface area contributed by atoms with Crippen LogP contribution in [0.4, 0.5) is 0 Å². The molecule has 0 heterocycles. The molecule has 0 aromatic heterocycles. The highest BCUT2D eigenvalue weighted by molar-refractivity contribution is 5.58. The van der Waals surface area contributed by atoms with E-state index >= 15 is 0 Å². The monoisotopic (exact) mass is 133 g/mol. The van der Waals surface area contributed by atoms with E-state index in [1.807, 2.05) is 0 Å². The fourth-order valence-corrected chi connectivity index (χ4v) is 2.45. The molecule has 0 spiro atoms. The summed E-state index contributed by atoms with van der Waals surface area (Å²) in [6.07, 6.45) is 6.06. The topological polar surface area (TPSA) is 26.0 Å². The first kappa shape index (κ1) is 5.14. The van der Waals surface area contributed by atoms with Gasteiger partial charge in [0.05, 0.1) is 0 Å². The van der Waals surface area contributed by atoms with E-state index in [0.29, 0.717) is 6.04 Å². The molecule has 3 aliphatic carbocycles. The minimum absolute atomic E-state index is 0.447. The van der Waals surface area contributed by atoms with Gasteiger partial charge in [-0.15, -0.1) is 0 Å². The van der Waals surface area contributed by atoms with Crippen molar-refractivity contribution < 1.29 is 0 Å². The second kappa shape index (κ2) is 1.37. The second-order valence-electron chi connectivity index (χ2n) is 3.63. The van der Waals surface area contributed by atoms with Crippen molar-refractivity contribution in [1.82, 2.24) is 0 Å². The molecule has 0 aromatic rings. The average Bonchev–Trinajstić information content (AvgIpc) is 1.85. The van der Waals surface area contributed by atoms with Gasteiger partial charge >= 0.3 is 0 Å². The summed E-state index contributed by atoms with van der Waals surface area (Å²) in [5, 5.41) is 0. The molecule has 3 aliphatic rings. The summed E-state index contributed by atoms with van der Waals surface area (Å²) in [6, 6.07) is 0.447. The van der Waals surface area contributed by atoms with E-state index in [1.165, 1.54) is 12.8 Å². The van der Waals surface area contributed by atoms with Crippen molar-refractivity contribution in [3.8, 4) is 0 Å². The van der Waals surface area contributed by atoms with Crippen LogP contribution in [0.15, 0.2) is 22.8 Å². The lowest BCUT2D eigenvalue weighted by atomic mass is 9.57. The highest BCUT2D eigenvalue weighted by Crippen LogP contribution is 2.55. The van der Waals surface area contributed by atoms with Crippen molar-refractivity contribution in [2.45, 2.75) is 25.3 Å². The number of allylic oxidation sites excluding steroid dienone is 2. The molecule has 2 N–H and O–H groups in total. The number of hydrogen-bond acceptors (Lipinski definition) is 1. The van der Waals surface area contributed by atoms with Crippen molar-refractivity contribution in [2.75, 3.05) is 0 Å². The molecular weight excluding hydrogens is 122 g/mol. The van der Waals surface area contributed by atoms with E-state index in [9.17, 15) is 0 Å². The zero-order valence-electron chi connectivity index (χ0n) is 5.93. The van der Waals surface area contributed by atoms with E-state index in [2.05, 4.69) is 6.08 Å². The summed E-state index contributed by atoms with van der Waals surface area (Å²) in [5.41, 5.74) is 10.9. The van der Waals surface area contributed by atoms with E-state index in [-0.39, 0.29) is 0 Å². The van der Waals surface area contributed by atoms with Crippen LogP contribution in [0, 0.1) is 5.92 Å². The van der Waals surface area contributed by atoms with Crippen LogP contribution in [0.3, 0.4) is 0 Å². The minimum atomic E-state index is 0.447. The van der Waals surface area contributed by atoms with Crippen LogP contribution in [0.25, 0.3) is 0 Å². The fourth-order valence-electron chi connectivity index (χ4n) is 2.45. The molecule has 0 aromatic carbocycles. The molecule has 2 unspecified atom stereocenters. The zero-order valence-corrected chi connectivity index (χ0v) is 5.93. The summed E-state index contributed by atoms with van der Waals surface area (Å²) in [7, 11) is 0. The third-order valence-corrected chi connectivity index (χ3v) is 3.12. The highest BCUT2D eigenvalue weighted by atomic mass is 14.7. The Morgan fingerprint density at radius 3 is 3.10 bits per heavy atom. The van der Waals surface area contributed by atoms with Crippen LogP contribution in [-0.4, -0.2) is 6.04 Å². The molecule has 3 rings (SSSR count). The highest BCUT2D eigenvalue weighted by Gasteiger charge is 2.43. The SMILES string of the molecule is NC1CC=C2CC3=C2C1C3. The van der Waals surface area contributed by atoms with Gasteiger partial charge in [0.25, 0.3) is 0 Å². The van der Waals surface area contributed by atoms with Gasteiger partial charge in [0, 0.05) is 12.0 Å². The zero-order chi connectivity index (χ0) is 6.72. The van der Waals surface area contributed by atoms with Gasteiger partial charge in [0.2, 0.25) is 0 Å². The lowest BCUT2D eigenvalue weighted by molar-refractivity contribution is 0.383. The van der Waals surface area contributed by atoms with Gasteiger partial charge in [-0.3, -0.25) is 0 Å². The third kappa shape index (κ3) is 0.381. The first-order valence-electron chi connectivity index (χ1n) is 4.03. The van der Waals surface area contributed by atoms with E-state index in [0.717, 1.165) is 12.3 Å². The van der Waals surface area contributed by atoms with Crippen molar-refractivity contribution in [1.29, 1.82) is 0 Å². The Balaban J connectivity index is 2.11. The van der Waals surface area contributed by atoms with Gasteiger partial charge in [-0.25, -0.2) is 0 Å². The number of rotatable bonds is 0. The molecule has 1 heteroatoms. The molecule has 52 valence electrons. The molecular formula is C9H11N. The molecule has 0 amide bonds. The predicted molar refractivity (Wildman–Crippen MR) is 40.4 cm³/mol. The Morgan fingerprint density at radius 2 is 2.40 bits per heavy atom. The molecule has 0 saturated carbocycles. The van der Waals surface area contributed by atoms with E-state index in [4.69, 9.17) is 5.73 Å². The molecule has 1 nitrogen and oxygen atoms in total. The number of hydrogen-bond donors (Lipinski definition) is 1. The molecule has 0 radical (unpaired) electrons. The Labute approximate surface area is 60.6 Å². The standard InChI is InChI=1S/C9H11N/c10-8-2-1-5-3-6-4-7(8)9(5)6/h1,7-8H,2-4,10H2. The summed E-state index contributed by atoms with van der Waals surface area (Å²) in [4.78, 5) is 0. The Hall–Kier alpha value is -0.560. The first-order valence-corrected chi connectivity index (χ1v) is 4.03. The van der Waals surface area contributed by atoms with Crippen molar-refractivity contribution in [3.63, 3.8) is 0 Å². The van der Waals surface area contributed by atoms with Gasteiger partial charge in [-0.2, -0.15) is 0 Å². The van der Waals surface area contributed by atoms with Crippen molar-refractivity contribution >= 4 is 0 Å². The van der Waals surface area contributed by atoms with Gasteiger partial charge < -0.3 is 5.73 Å². The summed E-state index contributed by atoms with van der Waals surface area (Å²) in [5.74, 6) is 0.767. The molecule has 0 saturated heterocycles. The van der Waals surface area contributed by atoms with Crippen LogP contribution < -0.4 is 5.73 Å². The smallest absolute Gasteiger partial charge is 0.0146 e. The average molecular weight is 133 g/mol. The largest absolute Gasteiger partial charge is 0.327 e. The minimum Gasteiger partial charge on any atom is -0.327 e. The first-order chi connectivity index (χ1) is 4.86. The number of nitrogens with two attached hydrogens (primary N) is 1. The molecule has 0 fully saturated rings. The van der Waals surface area contributed by atoms with Gasteiger partial charge in [0.15, 0.2) is 0 Å². The predicted octanol–water partition coefficient (Wildman–Crippen LogP) is 1.36. The molecule has 0 bridgehead atoms. The quantitative estimate of drug-likeness (QED) is 0.530. The molecule has 10 heavy (non-hydrogen) atoms.